The maximum absolute atomic E-state index is 12.9. The third-order valence-electron chi connectivity index (χ3n) is 7.26. The number of hydrogen-bond acceptors (Lipinski definition) is 5. The summed E-state index contributed by atoms with van der Waals surface area (Å²) in [5.74, 6) is 0.139. The van der Waals surface area contributed by atoms with E-state index in [9.17, 15) is 9.59 Å². The van der Waals surface area contributed by atoms with Gasteiger partial charge in [-0.25, -0.2) is 0 Å². The maximum Gasteiger partial charge on any atom is 0.223 e. The SMILES string of the molecule is COCCO[C@H]1[C@H](NC(=O)C(C)C)c2ccccc2C12CCN(C(=O)CCc1cccs1)CC2. The van der Waals surface area contributed by atoms with Crippen molar-refractivity contribution < 1.29 is 19.1 Å². The molecule has 1 spiro atoms. The minimum atomic E-state index is -0.232. The van der Waals surface area contributed by atoms with Gasteiger partial charge in [-0.05, 0) is 41.8 Å². The maximum atomic E-state index is 12.9. The van der Waals surface area contributed by atoms with Gasteiger partial charge < -0.3 is 19.7 Å². The number of nitrogens with zero attached hydrogens (tertiary/aromatic N) is 1. The number of rotatable bonds is 9. The third-order valence-corrected chi connectivity index (χ3v) is 8.20. The zero-order valence-electron chi connectivity index (χ0n) is 20.4. The highest BCUT2D eigenvalue weighted by Gasteiger charge is 2.54. The zero-order valence-corrected chi connectivity index (χ0v) is 21.2. The van der Waals surface area contributed by atoms with Crippen molar-refractivity contribution in [3.63, 3.8) is 0 Å². The standard InChI is InChI=1S/C27H36N2O4S/c1-19(2)26(31)28-24-21-8-4-5-9-22(21)27(25(24)33-17-16-32-3)12-14-29(15-13-27)23(30)11-10-20-7-6-18-34-20/h4-9,18-19,24-25H,10-17H2,1-3H3,(H,28,31)/t24-,25+/m1/s1. The van der Waals surface area contributed by atoms with E-state index in [0.717, 1.165) is 24.8 Å². The fraction of sp³-hybridized carbons (Fsp3) is 0.556. The number of piperidine rings is 1. The van der Waals surface area contributed by atoms with Crippen LogP contribution in [0.5, 0.6) is 0 Å². The van der Waals surface area contributed by atoms with Crippen molar-refractivity contribution in [2.24, 2.45) is 5.92 Å². The van der Waals surface area contributed by atoms with Gasteiger partial charge in [-0.2, -0.15) is 0 Å². The topological polar surface area (TPSA) is 67.9 Å². The van der Waals surface area contributed by atoms with E-state index in [-0.39, 0.29) is 35.3 Å². The smallest absolute Gasteiger partial charge is 0.223 e. The fourth-order valence-electron chi connectivity index (χ4n) is 5.40. The summed E-state index contributed by atoms with van der Waals surface area (Å²) < 4.78 is 11.7. The number of ether oxygens (including phenoxy) is 2. The van der Waals surface area contributed by atoms with Crippen LogP contribution in [-0.2, 0) is 30.9 Å². The van der Waals surface area contributed by atoms with Crippen LogP contribution in [0.2, 0.25) is 0 Å². The first-order valence-corrected chi connectivity index (χ1v) is 13.1. The van der Waals surface area contributed by atoms with Gasteiger partial charge >= 0.3 is 0 Å². The molecule has 2 aromatic rings. The number of carbonyl (C=O) groups is 2. The van der Waals surface area contributed by atoms with E-state index in [0.29, 0.717) is 32.7 Å². The Morgan fingerprint density at radius 3 is 2.59 bits per heavy atom. The minimum absolute atomic E-state index is 0.0263. The van der Waals surface area contributed by atoms with Crippen LogP contribution in [0, 0.1) is 5.92 Å². The Morgan fingerprint density at radius 2 is 1.91 bits per heavy atom. The Kier molecular flexibility index (Phi) is 8.06. The van der Waals surface area contributed by atoms with Crippen molar-refractivity contribution in [2.75, 3.05) is 33.4 Å². The highest BCUT2D eigenvalue weighted by Crippen LogP contribution is 2.52. The molecular formula is C27H36N2O4S. The van der Waals surface area contributed by atoms with E-state index >= 15 is 0 Å². The number of thiophene rings is 1. The van der Waals surface area contributed by atoms with Crippen molar-refractivity contribution in [3.8, 4) is 0 Å². The number of methoxy groups -OCH3 is 1. The van der Waals surface area contributed by atoms with Crippen LogP contribution in [0.1, 0.15) is 55.2 Å². The molecule has 0 unspecified atom stereocenters. The van der Waals surface area contributed by atoms with Crippen LogP contribution in [0.3, 0.4) is 0 Å². The lowest BCUT2D eigenvalue weighted by molar-refractivity contribution is -0.134. The molecule has 2 aliphatic rings. The van der Waals surface area contributed by atoms with Crippen molar-refractivity contribution in [3.05, 3.63) is 57.8 Å². The van der Waals surface area contributed by atoms with Gasteiger partial charge in [0.2, 0.25) is 11.8 Å². The second kappa shape index (κ2) is 11.0. The molecule has 1 fully saturated rings. The summed E-state index contributed by atoms with van der Waals surface area (Å²) in [6, 6.07) is 12.3. The third kappa shape index (κ3) is 5.07. The first-order chi connectivity index (χ1) is 16.5. The number of fused-ring (bicyclic) bond motifs is 2. The van der Waals surface area contributed by atoms with Crippen LogP contribution >= 0.6 is 11.3 Å². The van der Waals surface area contributed by atoms with Crippen molar-refractivity contribution in [2.45, 2.75) is 57.1 Å². The number of carbonyl (C=O) groups excluding carboxylic acids is 2. The lowest BCUT2D eigenvalue weighted by Crippen LogP contribution is -2.52. The number of aryl methyl sites for hydroxylation is 1. The van der Waals surface area contributed by atoms with Gasteiger partial charge in [-0.1, -0.05) is 44.2 Å². The quantitative estimate of drug-likeness (QED) is 0.544. The predicted molar refractivity (Wildman–Crippen MR) is 134 cm³/mol. The molecule has 7 heteroatoms. The summed E-state index contributed by atoms with van der Waals surface area (Å²) in [4.78, 5) is 28.9. The first-order valence-electron chi connectivity index (χ1n) is 12.3. The molecule has 1 aromatic carbocycles. The summed E-state index contributed by atoms with van der Waals surface area (Å²) in [6.45, 7) is 6.19. The highest BCUT2D eigenvalue weighted by molar-refractivity contribution is 7.09. The molecule has 2 amide bonds. The molecule has 0 saturated carbocycles. The molecule has 2 atom stereocenters. The summed E-state index contributed by atoms with van der Waals surface area (Å²) >= 11 is 1.70. The molecule has 4 rings (SSSR count). The normalized spacial score (nSPS) is 21.1. The van der Waals surface area contributed by atoms with Gasteiger partial charge in [-0.3, -0.25) is 9.59 Å². The number of benzene rings is 1. The van der Waals surface area contributed by atoms with Crippen LogP contribution in [0.25, 0.3) is 0 Å². The summed E-state index contributed by atoms with van der Waals surface area (Å²) in [6.07, 6.45) is 2.80. The van der Waals surface area contributed by atoms with Crippen LogP contribution in [0.4, 0.5) is 0 Å². The predicted octanol–water partition coefficient (Wildman–Crippen LogP) is 4.10. The molecule has 1 saturated heterocycles. The number of amides is 2. The van der Waals surface area contributed by atoms with Crippen LogP contribution in [0.15, 0.2) is 41.8 Å². The first kappa shape index (κ1) is 24.9. The highest BCUT2D eigenvalue weighted by atomic mass is 32.1. The van der Waals surface area contributed by atoms with Gasteiger partial charge in [-0.15, -0.1) is 11.3 Å². The number of nitrogens with one attached hydrogen (secondary N) is 1. The Hall–Kier alpha value is -2.22. The fourth-order valence-corrected chi connectivity index (χ4v) is 6.11. The van der Waals surface area contributed by atoms with Gasteiger partial charge in [0.25, 0.3) is 0 Å². The average Bonchev–Trinajstić information content (AvgIpc) is 3.45. The Morgan fingerprint density at radius 1 is 1.15 bits per heavy atom. The molecule has 34 heavy (non-hydrogen) atoms. The Balaban J connectivity index is 1.53. The second-order valence-electron chi connectivity index (χ2n) is 9.63. The van der Waals surface area contributed by atoms with E-state index in [2.05, 4.69) is 35.0 Å². The van der Waals surface area contributed by atoms with Crippen LogP contribution < -0.4 is 5.32 Å². The van der Waals surface area contributed by atoms with Gasteiger partial charge in [0.15, 0.2) is 0 Å². The molecule has 1 aromatic heterocycles. The van der Waals surface area contributed by atoms with Gasteiger partial charge in [0.1, 0.15) is 0 Å². The molecule has 0 radical (unpaired) electrons. The Bertz CT molecular complexity index is 967. The molecule has 1 N–H and O–H groups in total. The van der Waals surface area contributed by atoms with E-state index in [1.807, 2.05) is 30.9 Å². The summed E-state index contributed by atoms with van der Waals surface area (Å²) in [7, 11) is 1.67. The lowest BCUT2D eigenvalue weighted by atomic mass is 9.71. The van der Waals surface area contributed by atoms with E-state index < -0.39 is 0 Å². The molecule has 1 aliphatic carbocycles. The zero-order chi connectivity index (χ0) is 24.1. The number of hydrogen-bond donors (Lipinski definition) is 1. The van der Waals surface area contributed by atoms with Gasteiger partial charge in [0.05, 0.1) is 25.4 Å². The molecule has 184 valence electrons. The second-order valence-corrected chi connectivity index (χ2v) is 10.7. The van der Waals surface area contributed by atoms with Crippen LogP contribution in [-0.4, -0.2) is 56.2 Å². The molecular weight excluding hydrogens is 448 g/mol. The molecule has 2 heterocycles. The molecule has 1 aliphatic heterocycles. The monoisotopic (exact) mass is 484 g/mol. The van der Waals surface area contributed by atoms with Crippen molar-refractivity contribution in [1.82, 2.24) is 10.2 Å². The van der Waals surface area contributed by atoms with Gasteiger partial charge in [0, 0.05) is 42.8 Å². The molecule has 0 bridgehead atoms. The van der Waals surface area contributed by atoms with E-state index in [1.54, 1.807) is 18.4 Å². The number of likely N-dealkylation sites (tertiary alicyclic amines) is 1. The average molecular weight is 485 g/mol. The Labute approximate surface area is 206 Å². The molecule has 6 nitrogen and oxygen atoms in total. The van der Waals surface area contributed by atoms with E-state index in [1.165, 1.54) is 10.4 Å². The summed E-state index contributed by atoms with van der Waals surface area (Å²) in [5, 5.41) is 5.32. The van der Waals surface area contributed by atoms with Crippen molar-refractivity contribution in [1.29, 1.82) is 0 Å². The lowest BCUT2D eigenvalue weighted by Gasteiger charge is -2.44. The minimum Gasteiger partial charge on any atom is -0.382 e. The largest absolute Gasteiger partial charge is 0.382 e. The van der Waals surface area contributed by atoms with Crippen molar-refractivity contribution >= 4 is 23.2 Å². The summed E-state index contributed by atoms with van der Waals surface area (Å²) in [5.41, 5.74) is 2.15. The van der Waals surface area contributed by atoms with E-state index in [4.69, 9.17) is 9.47 Å².